The number of benzene rings is 2. The van der Waals surface area contributed by atoms with Crippen molar-refractivity contribution in [2.45, 2.75) is 55.3 Å². The fourth-order valence-corrected chi connectivity index (χ4v) is 5.60. The minimum atomic E-state index is -0.0655. The highest BCUT2D eigenvalue weighted by Gasteiger charge is 2.16. The van der Waals surface area contributed by atoms with Gasteiger partial charge in [-0.15, -0.1) is 11.3 Å². The van der Waals surface area contributed by atoms with Crippen LogP contribution < -0.4 is 10.6 Å². The monoisotopic (exact) mass is 453 g/mol. The smallest absolute Gasteiger partial charge is 0.234 e. The van der Waals surface area contributed by atoms with Gasteiger partial charge in [-0.2, -0.15) is 0 Å². The van der Waals surface area contributed by atoms with Crippen LogP contribution in [-0.4, -0.2) is 28.6 Å². The van der Waals surface area contributed by atoms with Gasteiger partial charge >= 0.3 is 0 Å². The van der Waals surface area contributed by atoms with Gasteiger partial charge < -0.3 is 10.6 Å². The van der Waals surface area contributed by atoms with E-state index < -0.39 is 0 Å². The van der Waals surface area contributed by atoms with E-state index in [9.17, 15) is 9.59 Å². The van der Waals surface area contributed by atoms with Crippen LogP contribution in [0.5, 0.6) is 0 Å². The Morgan fingerprint density at radius 1 is 1.00 bits per heavy atom. The third-order valence-electron chi connectivity index (χ3n) is 5.48. The molecule has 2 N–H and O–H groups in total. The van der Waals surface area contributed by atoms with E-state index >= 15 is 0 Å². The fourth-order valence-electron chi connectivity index (χ4n) is 3.95. The zero-order valence-electron chi connectivity index (χ0n) is 17.4. The van der Waals surface area contributed by atoms with Gasteiger partial charge in [-0.3, -0.25) is 9.59 Å². The summed E-state index contributed by atoms with van der Waals surface area (Å²) < 4.78 is 0.810. The number of rotatable bonds is 7. The number of hydrogen-bond acceptors (Lipinski definition) is 5. The molecule has 1 fully saturated rings. The molecule has 2 amide bonds. The third-order valence-corrected chi connectivity index (χ3v) is 7.55. The summed E-state index contributed by atoms with van der Waals surface area (Å²) in [7, 11) is 0. The Labute approximate surface area is 191 Å². The molecule has 2 aromatic carbocycles. The lowest BCUT2D eigenvalue weighted by atomic mass is 10.1. The van der Waals surface area contributed by atoms with Crippen LogP contribution in [0, 0.1) is 0 Å². The molecule has 31 heavy (non-hydrogen) atoms. The highest BCUT2D eigenvalue weighted by Crippen LogP contribution is 2.26. The molecule has 5 nitrogen and oxygen atoms in total. The average Bonchev–Trinajstić information content (AvgIpc) is 3.05. The Morgan fingerprint density at radius 2 is 1.77 bits per heavy atom. The molecule has 7 heteroatoms. The minimum Gasteiger partial charge on any atom is -0.353 e. The molecule has 1 aliphatic carbocycles. The molecule has 0 bridgehead atoms. The molecule has 1 aliphatic rings. The number of carbonyl (C=O) groups is 2. The molecular weight excluding hydrogens is 426 g/mol. The van der Waals surface area contributed by atoms with Crippen LogP contribution in [-0.2, 0) is 16.0 Å². The van der Waals surface area contributed by atoms with Gasteiger partial charge in [0.25, 0.3) is 0 Å². The van der Waals surface area contributed by atoms with Crippen LogP contribution >= 0.6 is 23.1 Å². The number of nitrogens with one attached hydrogen (secondary N) is 2. The van der Waals surface area contributed by atoms with Crippen molar-refractivity contribution in [3.63, 3.8) is 0 Å². The summed E-state index contributed by atoms with van der Waals surface area (Å²) in [4.78, 5) is 29.3. The maximum atomic E-state index is 12.4. The number of thiazole rings is 1. The van der Waals surface area contributed by atoms with Crippen molar-refractivity contribution < 1.29 is 9.59 Å². The maximum Gasteiger partial charge on any atom is 0.234 e. The Hall–Kier alpha value is -2.38. The second kappa shape index (κ2) is 10.8. The highest BCUT2D eigenvalue weighted by atomic mass is 32.2. The molecule has 162 valence electrons. The number of fused-ring (bicyclic) bond motifs is 1. The Balaban J connectivity index is 1.26. The molecule has 1 saturated carbocycles. The lowest BCUT2D eigenvalue weighted by Gasteiger charge is -2.15. The first-order valence-electron chi connectivity index (χ1n) is 10.8. The first kappa shape index (κ1) is 21.8. The number of amides is 2. The summed E-state index contributed by atoms with van der Waals surface area (Å²) in [6, 6.07) is 14.2. The summed E-state index contributed by atoms with van der Waals surface area (Å²) in [6.07, 6.45) is 7.40. The summed E-state index contributed by atoms with van der Waals surface area (Å²) in [6.45, 7) is 0. The molecule has 0 spiro atoms. The summed E-state index contributed by atoms with van der Waals surface area (Å²) in [5.41, 5.74) is 1.59. The quantitative estimate of drug-likeness (QED) is 0.371. The SMILES string of the molecule is O=C(CSc1nc(CC(=O)NC2CCCCCC2)cs1)Nc1cccc2ccccc12. The van der Waals surface area contributed by atoms with E-state index in [-0.39, 0.29) is 17.6 Å². The number of carbonyl (C=O) groups excluding carboxylic acids is 2. The van der Waals surface area contributed by atoms with Gasteiger partial charge in [0.05, 0.1) is 17.9 Å². The van der Waals surface area contributed by atoms with Gasteiger partial charge in [0.1, 0.15) is 0 Å². The Kier molecular flexibility index (Phi) is 7.59. The van der Waals surface area contributed by atoms with Gasteiger partial charge in [-0.05, 0) is 24.3 Å². The minimum absolute atomic E-state index is 0.0439. The van der Waals surface area contributed by atoms with Crippen molar-refractivity contribution in [1.82, 2.24) is 10.3 Å². The summed E-state index contributed by atoms with van der Waals surface area (Å²) in [5, 5.41) is 10.2. The maximum absolute atomic E-state index is 12.4. The second-order valence-electron chi connectivity index (χ2n) is 7.90. The lowest BCUT2D eigenvalue weighted by molar-refractivity contribution is -0.121. The molecule has 4 rings (SSSR count). The number of thioether (sulfide) groups is 1. The van der Waals surface area contributed by atoms with E-state index in [1.54, 1.807) is 0 Å². The van der Waals surface area contributed by atoms with Crippen molar-refractivity contribution in [2.24, 2.45) is 0 Å². The predicted molar refractivity (Wildman–Crippen MR) is 129 cm³/mol. The van der Waals surface area contributed by atoms with Crippen LogP contribution in [0.1, 0.15) is 44.2 Å². The van der Waals surface area contributed by atoms with E-state index in [4.69, 9.17) is 0 Å². The van der Waals surface area contributed by atoms with Gasteiger partial charge in [0.15, 0.2) is 4.34 Å². The van der Waals surface area contributed by atoms with E-state index in [0.29, 0.717) is 12.5 Å². The summed E-state index contributed by atoms with van der Waals surface area (Å²) in [5.74, 6) is 0.261. The average molecular weight is 454 g/mol. The zero-order chi connectivity index (χ0) is 21.5. The first-order valence-corrected chi connectivity index (χ1v) is 12.7. The standard InChI is InChI=1S/C24H27N3O2S2/c28-22(25-18-10-3-1-2-4-11-18)14-19-15-30-24(26-19)31-16-23(29)27-21-13-7-9-17-8-5-6-12-20(17)21/h5-9,12-13,15,18H,1-4,10-11,14,16H2,(H,25,28)(H,27,29). The number of nitrogens with zero attached hydrogens (tertiary/aromatic N) is 1. The molecule has 0 saturated heterocycles. The van der Waals surface area contributed by atoms with Crippen molar-refractivity contribution >= 4 is 51.4 Å². The Bertz CT molecular complexity index is 1040. The molecule has 0 unspecified atom stereocenters. The van der Waals surface area contributed by atoms with E-state index in [1.807, 2.05) is 47.8 Å². The molecule has 3 aromatic rings. The van der Waals surface area contributed by atoms with Crippen molar-refractivity contribution in [3.8, 4) is 0 Å². The van der Waals surface area contributed by atoms with Gasteiger partial charge in [0, 0.05) is 22.5 Å². The van der Waals surface area contributed by atoms with Crippen LogP contribution in [0.4, 0.5) is 5.69 Å². The van der Waals surface area contributed by atoms with Crippen molar-refractivity contribution in [3.05, 3.63) is 53.5 Å². The van der Waals surface area contributed by atoms with Crippen LogP contribution in [0.25, 0.3) is 10.8 Å². The van der Waals surface area contributed by atoms with Crippen LogP contribution in [0.15, 0.2) is 52.2 Å². The second-order valence-corrected chi connectivity index (χ2v) is 9.98. The van der Waals surface area contributed by atoms with E-state index in [0.717, 1.165) is 39.3 Å². The molecular formula is C24H27N3O2S2. The van der Waals surface area contributed by atoms with Crippen LogP contribution in [0.2, 0.25) is 0 Å². The van der Waals surface area contributed by atoms with E-state index in [2.05, 4.69) is 15.6 Å². The number of anilines is 1. The zero-order valence-corrected chi connectivity index (χ0v) is 19.1. The van der Waals surface area contributed by atoms with Crippen molar-refractivity contribution in [2.75, 3.05) is 11.1 Å². The summed E-state index contributed by atoms with van der Waals surface area (Å²) >= 11 is 2.89. The van der Waals surface area contributed by atoms with Crippen LogP contribution in [0.3, 0.4) is 0 Å². The number of aromatic nitrogens is 1. The normalized spacial score (nSPS) is 14.8. The van der Waals surface area contributed by atoms with Gasteiger partial charge in [-0.25, -0.2) is 4.98 Å². The lowest BCUT2D eigenvalue weighted by Crippen LogP contribution is -2.35. The van der Waals surface area contributed by atoms with E-state index in [1.165, 1.54) is 48.8 Å². The topological polar surface area (TPSA) is 71.1 Å². The highest BCUT2D eigenvalue weighted by molar-refractivity contribution is 8.01. The van der Waals surface area contributed by atoms with Crippen molar-refractivity contribution in [1.29, 1.82) is 0 Å². The largest absolute Gasteiger partial charge is 0.353 e. The molecule has 0 atom stereocenters. The third kappa shape index (κ3) is 6.31. The molecule has 1 heterocycles. The molecule has 0 aliphatic heterocycles. The molecule has 1 aromatic heterocycles. The fraction of sp³-hybridized carbons (Fsp3) is 0.375. The van der Waals surface area contributed by atoms with Gasteiger partial charge in [-0.1, -0.05) is 73.8 Å². The predicted octanol–water partition coefficient (Wildman–Crippen LogP) is 5.41. The van der Waals surface area contributed by atoms with Gasteiger partial charge in [0.2, 0.25) is 11.8 Å². The number of hydrogen-bond donors (Lipinski definition) is 2. The molecule has 0 radical (unpaired) electrons. The first-order chi connectivity index (χ1) is 15.2. The Morgan fingerprint density at radius 3 is 2.61 bits per heavy atom.